The first kappa shape index (κ1) is 13.3. The highest BCUT2D eigenvalue weighted by Gasteiger charge is 2.03. The minimum Gasteiger partial charge on any atom is -0.356 e. The summed E-state index contributed by atoms with van der Waals surface area (Å²) in [6.07, 6.45) is 3.58. The van der Waals surface area contributed by atoms with Crippen LogP contribution in [0.3, 0.4) is 0 Å². The Morgan fingerprint density at radius 2 is 2.11 bits per heavy atom. The largest absolute Gasteiger partial charge is 0.356 e. The Kier molecular flexibility index (Phi) is 4.66. The zero-order chi connectivity index (χ0) is 13.5. The maximum absolute atomic E-state index is 11.7. The van der Waals surface area contributed by atoms with Crippen LogP contribution >= 0.6 is 0 Å². The fraction of sp³-hybridized carbons (Fsp3) is 0.357. The zero-order valence-corrected chi connectivity index (χ0v) is 11.0. The number of aromatic nitrogens is 3. The smallest absolute Gasteiger partial charge is 0.224 e. The predicted octanol–water partition coefficient (Wildman–Crippen LogP) is 1.40. The first-order chi connectivity index (χ1) is 9.24. The maximum Gasteiger partial charge on any atom is 0.224 e. The molecule has 0 radical (unpaired) electrons. The van der Waals surface area contributed by atoms with Gasteiger partial charge in [-0.15, -0.1) is 0 Å². The minimum absolute atomic E-state index is 0.0569. The molecule has 2 rings (SSSR count). The van der Waals surface area contributed by atoms with Crippen LogP contribution in [-0.4, -0.2) is 27.6 Å². The fourth-order valence-electron chi connectivity index (χ4n) is 1.79. The summed E-state index contributed by atoms with van der Waals surface area (Å²) in [7, 11) is 0. The van der Waals surface area contributed by atoms with Gasteiger partial charge >= 0.3 is 0 Å². The lowest BCUT2D eigenvalue weighted by molar-refractivity contribution is -0.120. The van der Waals surface area contributed by atoms with Crippen LogP contribution in [0, 0.1) is 6.92 Å². The van der Waals surface area contributed by atoms with Crippen molar-refractivity contribution < 1.29 is 4.79 Å². The van der Waals surface area contributed by atoms with Crippen molar-refractivity contribution in [3.63, 3.8) is 0 Å². The van der Waals surface area contributed by atoms with Gasteiger partial charge in [0.25, 0.3) is 0 Å². The molecule has 0 aliphatic carbocycles. The predicted molar refractivity (Wildman–Crippen MR) is 72.6 cm³/mol. The number of carbonyl (C=O) groups is 1. The van der Waals surface area contributed by atoms with Gasteiger partial charge in [0.15, 0.2) is 0 Å². The normalized spacial score (nSPS) is 10.4. The lowest BCUT2D eigenvalue weighted by atomic mass is 10.1. The van der Waals surface area contributed by atoms with E-state index in [9.17, 15) is 4.79 Å². The van der Waals surface area contributed by atoms with Crippen molar-refractivity contribution in [1.82, 2.24) is 20.5 Å². The number of hydrogen-bond donors (Lipinski definition) is 2. The molecule has 0 saturated heterocycles. The molecule has 1 aromatic carbocycles. The van der Waals surface area contributed by atoms with Gasteiger partial charge in [-0.3, -0.25) is 9.89 Å². The van der Waals surface area contributed by atoms with Crippen molar-refractivity contribution in [2.24, 2.45) is 0 Å². The van der Waals surface area contributed by atoms with Crippen LogP contribution < -0.4 is 5.32 Å². The van der Waals surface area contributed by atoms with E-state index >= 15 is 0 Å². The molecule has 0 atom stereocenters. The second kappa shape index (κ2) is 6.68. The number of nitrogens with one attached hydrogen (secondary N) is 2. The molecular formula is C14H18N4O. The Hall–Kier alpha value is -2.17. The van der Waals surface area contributed by atoms with E-state index in [0.29, 0.717) is 13.0 Å². The average molecular weight is 258 g/mol. The summed E-state index contributed by atoms with van der Waals surface area (Å²) in [5.41, 5.74) is 2.24. The van der Waals surface area contributed by atoms with Crippen LogP contribution in [-0.2, 0) is 17.6 Å². The lowest BCUT2D eigenvalue weighted by Gasteiger charge is -2.05. The van der Waals surface area contributed by atoms with E-state index in [1.54, 1.807) is 0 Å². The number of hydrogen-bond acceptors (Lipinski definition) is 3. The molecule has 5 heteroatoms. The molecule has 1 amide bonds. The first-order valence-electron chi connectivity index (χ1n) is 6.40. The van der Waals surface area contributed by atoms with Crippen molar-refractivity contribution in [1.29, 1.82) is 0 Å². The molecule has 100 valence electrons. The Morgan fingerprint density at radius 1 is 1.32 bits per heavy atom. The monoisotopic (exact) mass is 258 g/mol. The van der Waals surface area contributed by atoms with Crippen LogP contribution in [0.5, 0.6) is 0 Å². The fourth-order valence-corrected chi connectivity index (χ4v) is 1.79. The van der Waals surface area contributed by atoms with Crippen molar-refractivity contribution in [2.75, 3.05) is 6.54 Å². The van der Waals surface area contributed by atoms with E-state index in [1.165, 1.54) is 11.9 Å². The molecule has 0 unspecified atom stereocenters. The molecule has 5 nitrogen and oxygen atoms in total. The molecule has 2 aromatic rings. The van der Waals surface area contributed by atoms with Gasteiger partial charge in [0, 0.05) is 13.0 Å². The van der Waals surface area contributed by atoms with Gasteiger partial charge < -0.3 is 5.32 Å². The van der Waals surface area contributed by atoms with E-state index in [0.717, 1.165) is 24.2 Å². The molecule has 1 heterocycles. The second-order valence-corrected chi connectivity index (χ2v) is 4.55. The molecule has 0 fully saturated rings. The number of rotatable bonds is 6. The van der Waals surface area contributed by atoms with E-state index in [4.69, 9.17) is 0 Å². The van der Waals surface area contributed by atoms with Crippen LogP contribution in [0.25, 0.3) is 0 Å². The molecule has 0 saturated carbocycles. The molecule has 19 heavy (non-hydrogen) atoms. The maximum atomic E-state index is 11.7. The van der Waals surface area contributed by atoms with Gasteiger partial charge in [-0.25, -0.2) is 4.98 Å². The molecular weight excluding hydrogens is 240 g/mol. The summed E-state index contributed by atoms with van der Waals surface area (Å²) in [6, 6.07) is 8.02. The van der Waals surface area contributed by atoms with E-state index in [-0.39, 0.29) is 5.91 Å². The topological polar surface area (TPSA) is 70.7 Å². The number of aryl methyl sites for hydroxylation is 2. The van der Waals surface area contributed by atoms with Crippen molar-refractivity contribution in [3.8, 4) is 0 Å². The van der Waals surface area contributed by atoms with Crippen LogP contribution in [0.4, 0.5) is 0 Å². The molecule has 1 aromatic heterocycles. The Morgan fingerprint density at radius 3 is 2.79 bits per heavy atom. The van der Waals surface area contributed by atoms with Gasteiger partial charge in [-0.2, -0.15) is 5.10 Å². The highest BCUT2D eigenvalue weighted by Crippen LogP contribution is 2.03. The van der Waals surface area contributed by atoms with Crippen molar-refractivity contribution >= 4 is 5.91 Å². The highest BCUT2D eigenvalue weighted by atomic mass is 16.1. The number of carbonyl (C=O) groups excluding carboxylic acids is 1. The average Bonchev–Trinajstić information content (AvgIpc) is 2.91. The van der Waals surface area contributed by atoms with E-state index in [2.05, 4.69) is 20.5 Å². The number of aromatic amines is 1. The van der Waals surface area contributed by atoms with Crippen molar-refractivity contribution in [3.05, 3.63) is 47.5 Å². The van der Waals surface area contributed by atoms with Crippen molar-refractivity contribution in [2.45, 2.75) is 26.2 Å². The number of H-pyrrole nitrogens is 1. The summed E-state index contributed by atoms with van der Waals surface area (Å²) in [4.78, 5) is 15.7. The highest BCUT2D eigenvalue weighted by molar-refractivity contribution is 5.78. The van der Waals surface area contributed by atoms with Gasteiger partial charge in [0.2, 0.25) is 5.91 Å². The third-order valence-corrected chi connectivity index (χ3v) is 2.86. The minimum atomic E-state index is 0.0569. The Bertz CT molecular complexity index is 505. The summed E-state index contributed by atoms with van der Waals surface area (Å²) >= 11 is 0. The standard InChI is InChI=1S/C14H18N4O/c1-11-4-6-12(7-5-11)9-14(19)15-8-2-3-13-16-10-17-18-13/h4-7,10H,2-3,8-9H2,1H3,(H,15,19)(H,16,17,18). The second-order valence-electron chi connectivity index (χ2n) is 4.55. The van der Waals surface area contributed by atoms with E-state index in [1.807, 2.05) is 31.2 Å². The summed E-state index contributed by atoms with van der Waals surface area (Å²) < 4.78 is 0. The molecule has 0 spiro atoms. The quantitative estimate of drug-likeness (QED) is 0.769. The first-order valence-corrected chi connectivity index (χ1v) is 6.40. The van der Waals surface area contributed by atoms with Crippen LogP contribution in [0.15, 0.2) is 30.6 Å². The van der Waals surface area contributed by atoms with Gasteiger partial charge in [-0.1, -0.05) is 29.8 Å². The molecule has 0 aliphatic rings. The lowest BCUT2D eigenvalue weighted by Crippen LogP contribution is -2.26. The van der Waals surface area contributed by atoms with Gasteiger partial charge in [-0.05, 0) is 18.9 Å². The number of benzene rings is 1. The molecule has 0 bridgehead atoms. The third-order valence-electron chi connectivity index (χ3n) is 2.86. The third kappa shape index (κ3) is 4.54. The van der Waals surface area contributed by atoms with Crippen LogP contribution in [0.2, 0.25) is 0 Å². The number of amides is 1. The Labute approximate surface area is 112 Å². The summed E-state index contributed by atoms with van der Waals surface area (Å²) in [6.45, 7) is 2.69. The van der Waals surface area contributed by atoms with Gasteiger partial charge in [0.05, 0.1) is 6.42 Å². The van der Waals surface area contributed by atoms with Crippen LogP contribution in [0.1, 0.15) is 23.4 Å². The summed E-state index contributed by atoms with van der Waals surface area (Å²) in [5, 5.41) is 9.48. The Balaban J connectivity index is 1.65. The van der Waals surface area contributed by atoms with E-state index < -0.39 is 0 Å². The number of nitrogens with zero attached hydrogens (tertiary/aromatic N) is 2. The van der Waals surface area contributed by atoms with Gasteiger partial charge in [0.1, 0.15) is 12.2 Å². The zero-order valence-electron chi connectivity index (χ0n) is 11.0. The summed E-state index contributed by atoms with van der Waals surface area (Å²) in [5.74, 6) is 0.911. The molecule has 0 aliphatic heterocycles. The molecule has 2 N–H and O–H groups in total. The SMILES string of the molecule is Cc1ccc(CC(=O)NCCCc2ncn[nH]2)cc1.